The van der Waals surface area contributed by atoms with Crippen LogP contribution < -0.4 is 40.6 Å². The summed E-state index contributed by atoms with van der Waals surface area (Å²) >= 11 is 0. The van der Waals surface area contributed by atoms with Gasteiger partial charge in [0.1, 0.15) is 6.61 Å². The SMILES string of the molecule is CC(OCCO)=c1ccc2c(c1NC(C)(C)C)[C-]=c1ccccc1=2.[Cl-].[Cl-].[Ti+3]. The molecule has 143 valence electrons. The van der Waals surface area contributed by atoms with Gasteiger partial charge in [0.05, 0.1) is 12.4 Å². The summed E-state index contributed by atoms with van der Waals surface area (Å²) in [6, 6.07) is 12.5. The van der Waals surface area contributed by atoms with E-state index in [-0.39, 0.29) is 58.7 Å². The van der Waals surface area contributed by atoms with Gasteiger partial charge in [0.15, 0.2) is 0 Å². The van der Waals surface area contributed by atoms with E-state index in [9.17, 15) is 0 Å². The molecule has 2 N–H and O–H groups in total. The summed E-state index contributed by atoms with van der Waals surface area (Å²) in [5.74, 6) is 0.802. The molecule has 0 heterocycles. The summed E-state index contributed by atoms with van der Waals surface area (Å²) in [5, 5.41) is 17.2. The Morgan fingerprint density at radius 1 is 1.07 bits per heavy atom. The third-order valence-electron chi connectivity index (χ3n) is 3.97. The first-order valence-corrected chi connectivity index (χ1v) is 8.30. The van der Waals surface area contributed by atoms with Gasteiger partial charge in [-0.15, -0.1) is 27.8 Å². The van der Waals surface area contributed by atoms with Gasteiger partial charge < -0.3 is 40.0 Å². The third kappa shape index (κ3) is 5.76. The van der Waals surface area contributed by atoms with Crippen LogP contribution in [0.3, 0.4) is 0 Å². The van der Waals surface area contributed by atoms with Gasteiger partial charge in [-0.05, 0) is 33.4 Å². The Labute approximate surface area is 187 Å². The number of anilines is 1. The number of aliphatic hydroxyl groups is 1. The van der Waals surface area contributed by atoms with Gasteiger partial charge in [-0.3, -0.25) is 0 Å². The summed E-state index contributed by atoms with van der Waals surface area (Å²) in [4.78, 5) is 0. The molecule has 0 amide bonds. The molecule has 1 radical (unpaired) electrons. The minimum atomic E-state index is -0.0857. The maximum atomic E-state index is 9.02. The molecule has 27 heavy (non-hydrogen) atoms. The van der Waals surface area contributed by atoms with Crippen molar-refractivity contribution >= 4 is 17.5 Å². The molecule has 1 aliphatic carbocycles. The molecule has 0 bridgehead atoms. The standard InChI is InChI=1S/C21H24NO2.2ClH.Ti/c1-14(24-12-11-23)16-9-10-18-17-8-6-5-7-15(17)13-19(18)20(16)22-21(2,3)4;;;/h5-10,22-23H,11-12H2,1-4H3;2*1H;/q-1;;;+3/p-2. The maximum Gasteiger partial charge on any atom is 3.00 e. The molecule has 3 rings (SSSR count). The molecular formula is C21H24Cl2NO2Ti. The molecule has 1 aliphatic rings. The van der Waals surface area contributed by atoms with Crippen LogP contribution in [0.1, 0.15) is 33.3 Å². The number of ether oxygens (including phenoxy) is 1. The van der Waals surface area contributed by atoms with E-state index in [0.29, 0.717) is 6.61 Å². The zero-order valence-corrected chi connectivity index (χ0v) is 19.1. The normalized spacial score (nSPS) is 12.2. The second-order valence-corrected chi connectivity index (χ2v) is 7.08. The van der Waals surface area contributed by atoms with E-state index in [1.807, 2.05) is 13.0 Å². The Kier molecular flexibility index (Phi) is 10.2. The number of halogens is 2. The quantitative estimate of drug-likeness (QED) is 0.324. The van der Waals surface area contributed by atoms with E-state index in [4.69, 9.17) is 9.84 Å². The number of rotatable bonds is 4. The van der Waals surface area contributed by atoms with Crippen molar-refractivity contribution in [1.82, 2.24) is 0 Å². The fourth-order valence-electron chi connectivity index (χ4n) is 2.99. The molecule has 0 fully saturated rings. The summed E-state index contributed by atoms with van der Waals surface area (Å²) in [6.45, 7) is 8.67. The van der Waals surface area contributed by atoms with Crippen molar-refractivity contribution in [2.75, 3.05) is 18.5 Å². The van der Waals surface area contributed by atoms with Gasteiger partial charge in [0, 0.05) is 10.8 Å². The van der Waals surface area contributed by atoms with Crippen molar-refractivity contribution in [2.45, 2.75) is 33.2 Å². The first-order valence-electron chi connectivity index (χ1n) is 8.30. The fourth-order valence-corrected chi connectivity index (χ4v) is 2.99. The van der Waals surface area contributed by atoms with Crippen LogP contribution >= 0.6 is 0 Å². The Balaban J connectivity index is 0.00000225. The predicted molar refractivity (Wildman–Crippen MR) is 97.8 cm³/mol. The first-order chi connectivity index (χ1) is 11.4. The second-order valence-electron chi connectivity index (χ2n) is 7.08. The van der Waals surface area contributed by atoms with Crippen LogP contribution in [-0.2, 0) is 26.5 Å². The van der Waals surface area contributed by atoms with Crippen LogP contribution in [0.2, 0.25) is 0 Å². The molecule has 2 aromatic rings. The number of fused-ring (bicyclic) bond motifs is 2. The van der Waals surface area contributed by atoms with E-state index in [0.717, 1.165) is 27.4 Å². The molecule has 0 saturated heterocycles. The van der Waals surface area contributed by atoms with Crippen molar-refractivity contribution in [3.63, 3.8) is 0 Å². The zero-order valence-electron chi connectivity index (χ0n) is 16.0. The molecule has 0 atom stereocenters. The van der Waals surface area contributed by atoms with Crippen molar-refractivity contribution in [3.8, 4) is 0 Å². The molecule has 6 heteroatoms. The van der Waals surface area contributed by atoms with E-state index in [1.54, 1.807) is 0 Å². The van der Waals surface area contributed by atoms with E-state index in [2.05, 4.69) is 62.5 Å². The van der Waals surface area contributed by atoms with Crippen LogP contribution in [0.4, 0.5) is 5.69 Å². The Bertz CT molecular complexity index is 985. The van der Waals surface area contributed by atoms with Crippen LogP contribution in [0.15, 0.2) is 36.4 Å². The van der Waals surface area contributed by atoms with Crippen LogP contribution in [0.5, 0.6) is 0 Å². The Morgan fingerprint density at radius 3 is 2.37 bits per heavy atom. The topological polar surface area (TPSA) is 41.5 Å². The largest absolute Gasteiger partial charge is 3.00 e. The first kappa shape index (κ1) is 26.0. The average Bonchev–Trinajstić information content (AvgIpc) is 2.91. The van der Waals surface area contributed by atoms with E-state index in [1.165, 1.54) is 10.4 Å². The average molecular weight is 441 g/mol. The van der Waals surface area contributed by atoms with Crippen molar-refractivity contribution in [3.05, 3.63) is 62.8 Å². The van der Waals surface area contributed by atoms with Crippen LogP contribution in [0.25, 0.3) is 11.8 Å². The Morgan fingerprint density at radius 2 is 1.74 bits per heavy atom. The Hall–Kier alpha value is -0.966. The zero-order chi connectivity index (χ0) is 17.3. The fraction of sp³-hybridized carbons (Fsp3) is 0.333. The minimum absolute atomic E-state index is 0. The minimum Gasteiger partial charge on any atom is -1.00 e. The van der Waals surface area contributed by atoms with Crippen LogP contribution in [0, 0.1) is 10.4 Å². The molecule has 0 saturated carbocycles. The molecule has 2 aromatic carbocycles. The predicted octanol–water partition coefficient (Wildman–Crippen LogP) is -3.65. The van der Waals surface area contributed by atoms with E-state index >= 15 is 0 Å². The number of hydrogen-bond donors (Lipinski definition) is 2. The van der Waals surface area contributed by atoms with Crippen molar-refractivity contribution in [2.24, 2.45) is 0 Å². The number of nitrogens with one attached hydrogen (secondary N) is 1. The smallest absolute Gasteiger partial charge is 1.00 e. The van der Waals surface area contributed by atoms with Crippen molar-refractivity contribution in [1.29, 1.82) is 0 Å². The molecule has 3 nitrogen and oxygen atoms in total. The van der Waals surface area contributed by atoms with Gasteiger partial charge in [-0.1, -0.05) is 35.9 Å². The van der Waals surface area contributed by atoms with Crippen LogP contribution in [-0.4, -0.2) is 23.9 Å². The monoisotopic (exact) mass is 440 g/mol. The number of benzene rings is 2. The second kappa shape index (κ2) is 10.5. The molecular weight excluding hydrogens is 417 g/mol. The van der Waals surface area contributed by atoms with Gasteiger partial charge in [-0.2, -0.15) is 0 Å². The van der Waals surface area contributed by atoms with Crippen molar-refractivity contribution < 1.29 is 56.4 Å². The summed E-state index contributed by atoms with van der Waals surface area (Å²) < 4.78 is 5.67. The van der Waals surface area contributed by atoms with Gasteiger partial charge in [0.25, 0.3) is 0 Å². The molecule has 0 spiro atoms. The summed E-state index contributed by atoms with van der Waals surface area (Å²) in [7, 11) is 0. The number of aliphatic hydroxyl groups excluding tert-OH is 1. The van der Waals surface area contributed by atoms with Gasteiger partial charge in [-0.25, -0.2) is 0 Å². The molecule has 0 unspecified atom stereocenters. The summed E-state index contributed by atoms with van der Waals surface area (Å²) in [6.07, 6.45) is 3.54. The summed E-state index contributed by atoms with van der Waals surface area (Å²) in [5.41, 5.74) is 2.03. The third-order valence-corrected chi connectivity index (χ3v) is 3.97. The maximum absolute atomic E-state index is 9.02. The number of hydrogen-bond acceptors (Lipinski definition) is 3. The molecule has 0 aromatic heterocycles. The van der Waals surface area contributed by atoms with Gasteiger partial charge in [0.2, 0.25) is 0 Å². The van der Waals surface area contributed by atoms with E-state index < -0.39 is 0 Å². The van der Waals surface area contributed by atoms with Gasteiger partial charge >= 0.3 is 21.7 Å². The molecule has 0 aliphatic heterocycles.